The molecule has 24 heavy (non-hydrogen) atoms. The van der Waals surface area contributed by atoms with Crippen molar-refractivity contribution in [3.8, 4) is 5.75 Å². The van der Waals surface area contributed by atoms with Crippen molar-refractivity contribution in [3.05, 3.63) is 70.0 Å². The van der Waals surface area contributed by atoms with Crippen molar-refractivity contribution in [2.24, 2.45) is 0 Å². The van der Waals surface area contributed by atoms with Crippen LogP contribution in [-0.2, 0) is 4.79 Å². The molecule has 2 aromatic carbocycles. The summed E-state index contributed by atoms with van der Waals surface area (Å²) < 4.78 is 19.6. The van der Waals surface area contributed by atoms with Crippen LogP contribution in [-0.4, -0.2) is 25.0 Å². The summed E-state index contributed by atoms with van der Waals surface area (Å²) in [6, 6.07) is 12.1. The Bertz CT molecular complexity index is 744. The van der Waals surface area contributed by atoms with Crippen molar-refractivity contribution in [1.29, 1.82) is 0 Å². The van der Waals surface area contributed by atoms with E-state index in [1.165, 1.54) is 18.2 Å². The number of rotatable bonds is 5. The second-order valence-corrected chi connectivity index (χ2v) is 6.31. The first-order valence-corrected chi connectivity index (χ1v) is 8.25. The van der Waals surface area contributed by atoms with Gasteiger partial charge in [-0.3, -0.25) is 4.79 Å². The molecular formula is C19H19BrFNO2. The van der Waals surface area contributed by atoms with Crippen LogP contribution in [0.5, 0.6) is 5.75 Å². The molecule has 1 unspecified atom stereocenters. The Labute approximate surface area is 149 Å². The predicted octanol–water partition coefficient (Wildman–Crippen LogP) is 4.83. The van der Waals surface area contributed by atoms with E-state index in [0.717, 1.165) is 15.8 Å². The summed E-state index contributed by atoms with van der Waals surface area (Å²) in [4.78, 5) is 13.9. The Morgan fingerprint density at radius 3 is 2.54 bits per heavy atom. The Morgan fingerprint density at radius 1 is 1.25 bits per heavy atom. The Kier molecular flexibility index (Phi) is 6.15. The van der Waals surface area contributed by atoms with Gasteiger partial charge in [0, 0.05) is 23.2 Å². The van der Waals surface area contributed by atoms with Crippen LogP contribution in [0.3, 0.4) is 0 Å². The van der Waals surface area contributed by atoms with Crippen LogP contribution in [0.1, 0.15) is 24.1 Å². The third kappa shape index (κ3) is 4.45. The molecule has 1 atom stereocenters. The Morgan fingerprint density at radius 2 is 1.92 bits per heavy atom. The zero-order valence-corrected chi connectivity index (χ0v) is 15.4. The summed E-state index contributed by atoms with van der Waals surface area (Å²) in [5, 5.41) is 0. The molecule has 5 heteroatoms. The van der Waals surface area contributed by atoms with Gasteiger partial charge in [0.15, 0.2) is 0 Å². The summed E-state index contributed by atoms with van der Waals surface area (Å²) in [6.07, 6.45) is 2.87. The number of benzene rings is 2. The molecule has 0 spiro atoms. The van der Waals surface area contributed by atoms with Gasteiger partial charge in [0.1, 0.15) is 11.6 Å². The molecule has 0 aromatic heterocycles. The number of hydrogen-bond donors (Lipinski definition) is 0. The van der Waals surface area contributed by atoms with Crippen LogP contribution < -0.4 is 4.74 Å². The summed E-state index contributed by atoms with van der Waals surface area (Å²) in [5.74, 6) is 0.204. The lowest BCUT2D eigenvalue weighted by Crippen LogP contribution is -2.27. The summed E-state index contributed by atoms with van der Waals surface area (Å²) in [6.45, 7) is 1.94. The standard InChI is InChI=1S/C19H19BrFNO2/c1-13(14-4-8-17(24-3)9-5-14)22(2)19(23)11-6-15-12-16(20)7-10-18(15)21/h4-13H,1-3H3/b11-6+. The summed E-state index contributed by atoms with van der Waals surface area (Å²) >= 11 is 3.29. The highest BCUT2D eigenvalue weighted by Crippen LogP contribution is 2.22. The fourth-order valence-electron chi connectivity index (χ4n) is 2.22. The van der Waals surface area contributed by atoms with Gasteiger partial charge >= 0.3 is 0 Å². The maximum atomic E-state index is 13.7. The van der Waals surface area contributed by atoms with E-state index in [1.807, 2.05) is 31.2 Å². The van der Waals surface area contributed by atoms with E-state index in [-0.39, 0.29) is 17.8 Å². The quantitative estimate of drug-likeness (QED) is 0.683. The molecule has 0 fully saturated rings. The average molecular weight is 392 g/mol. The molecule has 3 nitrogen and oxygen atoms in total. The molecule has 0 N–H and O–H groups in total. The van der Waals surface area contributed by atoms with Gasteiger partial charge < -0.3 is 9.64 Å². The molecule has 0 aliphatic carbocycles. The lowest BCUT2D eigenvalue weighted by Gasteiger charge is -2.24. The van der Waals surface area contributed by atoms with Gasteiger partial charge in [0.2, 0.25) is 5.91 Å². The number of carbonyl (C=O) groups is 1. The largest absolute Gasteiger partial charge is 0.497 e. The Hall–Kier alpha value is -2.14. The minimum atomic E-state index is -0.367. The zero-order chi connectivity index (χ0) is 17.7. The maximum Gasteiger partial charge on any atom is 0.246 e. The van der Waals surface area contributed by atoms with E-state index in [4.69, 9.17) is 4.74 Å². The second kappa shape index (κ2) is 8.11. The van der Waals surface area contributed by atoms with Crippen LogP contribution in [0.25, 0.3) is 6.08 Å². The number of halogens is 2. The molecular weight excluding hydrogens is 373 g/mol. The number of likely N-dealkylation sites (N-methyl/N-ethyl adjacent to an activating group) is 1. The number of methoxy groups -OCH3 is 1. The van der Waals surface area contributed by atoms with E-state index in [9.17, 15) is 9.18 Å². The monoisotopic (exact) mass is 391 g/mol. The molecule has 0 aliphatic heterocycles. The van der Waals surface area contributed by atoms with Gasteiger partial charge in [-0.1, -0.05) is 28.1 Å². The SMILES string of the molecule is COc1ccc(C(C)N(C)C(=O)/C=C/c2cc(Br)ccc2F)cc1. The number of ether oxygens (including phenoxy) is 1. The summed E-state index contributed by atoms with van der Waals surface area (Å²) in [5.41, 5.74) is 1.36. The molecule has 0 bridgehead atoms. The van der Waals surface area contributed by atoms with Crippen molar-refractivity contribution in [1.82, 2.24) is 4.90 Å². The highest BCUT2D eigenvalue weighted by atomic mass is 79.9. The minimum Gasteiger partial charge on any atom is -0.497 e. The van der Waals surface area contributed by atoms with Gasteiger partial charge in [-0.25, -0.2) is 4.39 Å². The van der Waals surface area contributed by atoms with Crippen LogP contribution in [0.4, 0.5) is 4.39 Å². The second-order valence-electron chi connectivity index (χ2n) is 5.40. The number of amides is 1. The van der Waals surface area contributed by atoms with Gasteiger partial charge in [-0.15, -0.1) is 0 Å². The minimum absolute atomic E-state index is 0.111. The first-order chi connectivity index (χ1) is 11.4. The predicted molar refractivity (Wildman–Crippen MR) is 97.3 cm³/mol. The van der Waals surface area contributed by atoms with E-state index in [1.54, 1.807) is 31.2 Å². The van der Waals surface area contributed by atoms with Crippen molar-refractivity contribution in [2.75, 3.05) is 14.2 Å². The van der Waals surface area contributed by atoms with E-state index in [0.29, 0.717) is 5.56 Å². The van der Waals surface area contributed by atoms with E-state index < -0.39 is 0 Å². The molecule has 0 saturated carbocycles. The highest BCUT2D eigenvalue weighted by molar-refractivity contribution is 9.10. The smallest absolute Gasteiger partial charge is 0.246 e. The Balaban J connectivity index is 2.10. The van der Waals surface area contributed by atoms with E-state index >= 15 is 0 Å². The normalized spacial score (nSPS) is 12.2. The topological polar surface area (TPSA) is 29.5 Å². The molecule has 2 aromatic rings. The molecule has 0 saturated heterocycles. The summed E-state index contributed by atoms with van der Waals surface area (Å²) in [7, 11) is 3.33. The van der Waals surface area contributed by atoms with Crippen molar-refractivity contribution < 1.29 is 13.9 Å². The molecule has 0 radical (unpaired) electrons. The van der Waals surface area contributed by atoms with Crippen LogP contribution >= 0.6 is 15.9 Å². The van der Waals surface area contributed by atoms with Gasteiger partial charge in [0.05, 0.1) is 13.2 Å². The fraction of sp³-hybridized carbons (Fsp3) is 0.211. The van der Waals surface area contributed by atoms with Crippen LogP contribution in [0, 0.1) is 5.82 Å². The van der Waals surface area contributed by atoms with Crippen molar-refractivity contribution in [2.45, 2.75) is 13.0 Å². The number of hydrogen-bond acceptors (Lipinski definition) is 2. The molecule has 1 amide bonds. The van der Waals surface area contributed by atoms with Crippen LogP contribution in [0.15, 0.2) is 53.0 Å². The number of carbonyl (C=O) groups excluding carboxylic acids is 1. The first kappa shape index (κ1) is 18.2. The average Bonchev–Trinajstić information content (AvgIpc) is 2.61. The third-order valence-corrected chi connectivity index (χ3v) is 4.38. The van der Waals surface area contributed by atoms with E-state index in [2.05, 4.69) is 15.9 Å². The number of nitrogens with zero attached hydrogens (tertiary/aromatic N) is 1. The third-order valence-electron chi connectivity index (χ3n) is 3.89. The van der Waals surface area contributed by atoms with Crippen molar-refractivity contribution >= 4 is 27.9 Å². The molecule has 0 aliphatic rings. The van der Waals surface area contributed by atoms with Gasteiger partial charge in [0.25, 0.3) is 0 Å². The lowest BCUT2D eigenvalue weighted by atomic mass is 10.1. The maximum absolute atomic E-state index is 13.7. The van der Waals surface area contributed by atoms with Crippen LogP contribution in [0.2, 0.25) is 0 Å². The van der Waals surface area contributed by atoms with Crippen molar-refractivity contribution in [3.63, 3.8) is 0 Å². The lowest BCUT2D eigenvalue weighted by molar-refractivity contribution is -0.126. The first-order valence-electron chi connectivity index (χ1n) is 7.46. The molecule has 126 valence electrons. The molecule has 2 rings (SSSR count). The molecule has 0 heterocycles. The zero-order valence-electron chi connectivity index (χ0n) is 13.8. The van der Waals surface area contributed by atoms with Gasteiger partial charge in [-0.05, 0) is 48.9 Å². The highest BCUT2D eigenvalue weighted by Gasteiger charge is 2.15. The van der Waals surface area contributed by atoms with Gasteiger partial charge in [-0.2, -0.15) is 0 Å². The fourth-order valence-corrected chi connectivity index (χ4v) is 2.60.